The van der Waals surface area contributed by atoms with E-state index in [4.69, 9.17) is 4.74 Å². The molecule has 4 nitrogen and oxygen atoms in total. The van der Waals surface area contributed by atoms with Crippen molar-refractivity contribution in [2.75, 3.05) is 19.7 Å². The Labute approximate surface area is 137 Å². The van der Waals surface area contributed by atoms with Crippen LogP contribution in [0.5, 0.6) is 0 Å². The largest absolute Gasteiger partial charge is 0.376 e. The zero-order chi connectivity index (χ0) is 15.9. The van der Waals surface area contributed by atoms with Crippen LogP contribution in [0.3, 0.4) is 0 Å². The second-order valence-corrected chi connectivity index (χ2v) is 5.86. The number of rotatable bonds is 6. The van der Waals surface area contributed by atoms with Crippen LogP contribution in [0.1, 0.15) is 28.8 Å². The lowest BCUT2D eigenvalue weighted by Gasteiger charge is -2.16. The Morgan fingerprint density at radius 2 is 2.09 bits per heavy atom. The zero-order valence-corrected chi connectivity index (χ0v) is 13.2. The minimum atomic E-state index is 0.0495. The summed E-state index contributed by atoms with van der Waals surface area (Å²) in [4.78, 5) is 18.2. The fourth-order valence-electron chi connectivity index (χ4n) is 2.89. The number of hydrogen-bond donors (Lipinski definition) is 0. The number of likely N-dealkylation sites (tertiary alicyclic amines) is 1. The molecule has 0 spiro atoms. The molecule has 1 amide bonds. The van der Waals surface area contributed by atoms with E-state index in [0.717, 1.165) is 32.4 Å². The normalized spacial score (nSPS) is 17.4. The second kappa shape index (κ2) is 7.88. The molecular formula is C19H22N2O2. The van der Waals surface area contributed by atoms with Crippen molar-refractivity contribution in [1.82, 2.24) is 9.88 Å². The summed E-state index contributed by atoms with van der Waals surface area (Å²) in [6.45, 7) is 2.19. The summed E-state index contributed by atoms with van der Waals surface area (Å²) in [5, 5.41) is 0. The van der Waals surface area contributed by atoms with Crippen molar-refractivity contribution in [3.63, 3.8) is 0 Å². The molecule has 0 bridgehead atoms. The number of ether oxygens (including phenoxy) is 1. The molecule has 0 aliphatic carbocycles. The monoisotopic (exact) mass is 310 g/mol. The van der Waals surface area contributed by atoms with Gasteiger partial charge in [-0.2, -0.15) is 0 Å². The molecule has 1 unspecified atom stereocenters. The van der Waals surface area contributed by atoms with Crippen LogP contribution in [0.2, 0.25) is 0 Å². The van der Waals surface area contributed by atoms with E-state index < -0.39 is 0 Å². The molecule has 2 heterocycles. The van der Waals surface area contributed by atoms with Crippen LogP contribution in [0.15, 0.2) is 54.9 Å². The van der Waals surface area contributed by atoms with Gasteiger partial charge in [-0.3, -0.25) is 9.78 Å². The summed E-state index contributed by atoms with van der Waals surface area (Å²) in [5.74, 6) is 0.0495. The van der Waals surface area contributed by atoms with E-state index >= 15 is 0 Å². The summed E-state index contributed by atoms with van der Waals surface area (Å²) in [5.41, 5.74) is 1.99. The third-order valence-electron chi connectivity index (χ3n) is 4.15. The maximum Gasteiger partial charge on any atom is 0.255 e. The summed E-state index contributed by atoms with van der Waals surface area (Å²) < 4.78 is 5.93. The standard InChI is InChI=1S/C19H22N2O2/c22-19(17-9-4-11-20-14-17)21-12-10-18(15-21)23-13-5-8-16-6-2-1-3-7-16/h1-4,6-7,9,11,14,18H,5,8,10,12-13,15H2. The third kappa shape index (κ3) is 4.39. The van der Waals surface area contributed by atoms with Crippen molar-refractivity contribution < 1.29 is 9.53 Å². The van der Waals surface area contributed by atoms with E-state index in [0.29, 0.717) is 12.1 Å². The van der Waals surface area contributed by atoms with Crippen LogP contribution >= 0.6 is 0 Å². The predicted molar refractivity (Wildman–Crippen MR) is 89.3 cm³/mol. The highest BCUT2D eigenvalue weighted by molar-refractivity contribution is 5.94. The van der Waals surface area contributed by atoms with Crippen LogP contribution in [-0.4, -0.2) is 41.6 Å². The van der Waals surface area contributed by atoms with Crippen molar-refractivity contribution in [2.24, 2.45) is 0 Å². The summed E-state index contributed by atoms with van der Waals surface area (Å²) >= 11 is 0. The molecule has 120 valence electrons. The van der Waals surface area contributed by atoms with Gasteiger partial charge < -0.3 is 9.64 Å². The van der Waals surface area contributed by atoms with Crippen molar-refractivity contribution >= 4 is 5.91 Å². The van der Waals surface area contributed by atoms with E-state index in [1.54, 1.807) is 18.5 Å². The molecule has 1 aliphatic rings. The third-order valence-corrected chi connectivity index (χ3v) is 4.15. The number of aromatic nitrogens is 1. The van der Waals surface area contributed by atoms with Gasteiger partial charge in [0.05, 0.1) is 11.7 Å². The number of aryl methyl sites for hydroxylation is 1. The fraction of sp³-hybridized carbons (Fsp3) is 0.368. The zero-order valence-electron chi connectivity index (χ0n) is 13.2. The molecule has 1 aromatic carbocycles. The molecule has 1 fully saturated rings. The Hall–Kier alpha value is -2.20. The van der Waals surface area contributed by atoms with Crippen LogP contribution in [0.25, 0.3) is 0 Å². The Morgan fingerprint density at radius 3 is 2.87 bits per heavy atom. The highest BCUT2D eigenvalue weighted by Crippen LogP contribution is 2.16. The average Bonchev–Trinajstić information content (AvgIpc) is 3.09. The topological polar surface area (TPSA) is 42.4 Å². The minimum absolute atomic E-state index is 0.0495. The number of hydrogen-bond acceptors (Lipinski definition) is 3. The van der Waals surface area contributed by atoms with Crippen LogP contribution in [0.4, 0.5) is 0 Å². The minimum Gasteiger partial charge on any atom is -0.376 e. The van der Waals surface area contributed by atoms with Gasteiger partial charge in [0.15, 0.2) is 0 Å². The van der Waals surface area contributed by atoms with Gasteiger partial charge in [-0.15, -0.1) is 0 Å². The van der Waals surface area contributed by atoms with Crippen molar-refractivity contribution in [1.29, 1.82) is 0 Å². The molecule has 0 radical (unpaired) electrons. The summed E-state index contributed by atoms with van der Waals surface area (Å²) in [7, 11) is 0. The van der Waals surface area contributed by atoms with E-state index in [2.05, 4.69) is 29.2 Å². The summed E-state index contributed by atoms with van der Waals surface area (Å²) in [6.07, 6.45) is 6.42. The SMILES string of the molecule is O=C(c1cccnc1)N1CCC(OCCCc2ccccc2)C1. The van der Waals surface area contributed by atoms with E-state index in [-0.39, 0.29) is 12.0 Å². The molecular weight excluding hydrogens is 288 g/mol. The Balaban J connectivity index is 1.39. The van der Waals surface area contributed by atoms with Gasteiger partial charge in [-0.25, -0.2) is 0 Å². The van der Waals surface area contributed by atoms with Gasteiger partial charge in [0.25, 0.3) is 5.91 Å². The molecule has 2 aromatic rings. The molecule has 3 rings (SSSR count). The highest BCUT2D eigenvalue weighted by atomic mass is 16.5. The first-order valence-electron chi connectivity index (χ1n) is 8.18. The molecule has 1 atom stereocenters. The number of pyridine rings is 1. The number of carbonyl (C=O) groups is 1. The lowest BCUT2D eigenvalue weighted by Crippen LogP contribution is -2.30. The molecule has 0 saturated carbocycles. The maximum absolute atomic E-state index is 12.3. The average molecular weight is 310 g/mol. The Kier molecular flexibility index (Phi) is 5.37. The second-order valence-electron chi connectivity index (χ2n) is 5.86. The van der Waals surface area contributed by atoms with Gasteiger partial charge in [0, 0.05) is 32.1 Å². The van der Waals surface area contributed by atoms with E-state index in [9.17, 15) is 4.79 Å². The van der Waals surface area contributed by atoms with Gasteiger partial charge in [-0.1, -0.05) is 30.3 Å². The lowest BCUT2D eigenvalue weighted by molar-refractivity contribution is 0.0524. The summed E-state index contributed by atoms with van der Waals surface area (Å²) in [6, 6.07) is 14.1. The molecule has 23 heavy (non-hydrogen) atoms. The molecule has 0 N–H and O–H groups in total. The predicted octanol–water partition coefficient (Wildman–Crippen LogP) is 2.95. The highest BCUT2D eigenvalue weighted by Gasteiger charge is 2.27. The van der Waals surface area contributed by atoms with Crippen LogP contribution < -0.4 is 0 Å². The number of nitrogens with zero attached hydrogens (tertiary/aromatic N) is 2. The van der Waals surface area contributed by atoms with Gasteiger partial charge >= 0.3 is 0 Å². The Morgan fingerprint density at radius 1 is 1.22 bits per heavy atom. The number of benzene rings is 1. The number of carbonyl (C=O) groups excluding carboxylic acids is 1. The van der Waals surface area contributed by atoms with Crippen LogP contribution in [0, 0.1) is 0 Å². The molecule has 1 saturated heterocycles. The molecule has 1 aromatic heterocycles. The van der Waals surface area contributed by atoms with Crippen molar-refractivity contribution in [3.05, 3.63) is 66.0 Å². The van der Waals surface area contributed by atoms with Crippen LogP contribution in [-0.2, 0) is 11.2 Å². The van der Waals surface area contributed by atoms with Gasteiger partial charge in [0.2, 0.25) is 0 Å². The lowest BCUT2D eigenvalue weighted by atomic mass is 10.1. The fourth-order valence-corrected chi connectivity index (χ4v) is 2.89. The number of amides is 1. The van der Waals surface area contributed by atoms with E-state index in [1.165, 1.54) is 5.56 Å². The molecule has 1 aliphatic heterocycles. The maximum atomic E-state index is 12.3. The van der Waals surface area contributed by atoms with E-state index in [1.807, 2.05) is 17.0 Å². The first kappa shape index (κ1) is 15.7. The van der Waals surface area contributed by atoms with Crippen molar-refractivity contribution in [2.45, 2.75) is 25.4 Å². The Bertz CT molecular complexity index is 616. The smallest absolute Gasteiger partial charge is 0.255 e. The van der Waals surface area contributed by atoms with Crippen molar-refractivity contribution in [3.8, 4) is 0 Å². The van der Waals surface area contributed by atoms with Gasteiger partial charge in [0.1, 0.15) is 0 Å². The van der Waals surface area contributed by atoms with Gasteiger partial charge in [-0.05, 0) is 37.0 Å². The molecule has 4 heteroatoms. The first-order chi connectivity index (χ1) is 11.3. The first-order valence-corrected chi connectivity index (χ1v) is 8.18. The quantitative estimate of drug-likeness (QED) is 0.770.